The van der Waals surface area contributed by atoms with E-state index in [0.717, 1.165) is 16.7 Å². The van der Waals surface area contributed by atoms with E-state index in [-0.39, 0.29) is 23.1 Å². The normalized spacial score (nSPS) is 11.0. The first-order chi connectivity index (χ1) is 14.6. The van der Waals surface area contributed by atoms with E-state index in [0.29, 0.717) is 5.16 Å². The van der Waals surface area contributed by atoms with Crippen molar-refractivity contribution in [1.29, 1.82) is 0 Å². The fraction of sp³-hybridized carbons (Fsp3) is 0.0909. The molecule has 1 heterocycles. The lowest BCUT2D eigenvalue weighted by molar-refractivity contribution is -0.113. The molecule has 1 N–H and O–H groups in total. The molecule has 4 rings (SSSR count). The van der Waals surface area contributed by atoms with Crippen LogP contribution in [0.4, 0.5) is 14.5 Å². The third kappa shape index (κ3) is 4.44. The highest BCUT2D eigenvalue weighted by molar-refractivity contribution is 7.99. The van der Waals surface area contributed by atoms with Crippen molar-refractivity contribution in [3.63, 3.8) is 0 Å². The number of ether oxygens (including phenoxy) is 1. The topological polar surface area (TPSA) is 56.2 Å². The monoisotopic (exact) mass is 425 g/mol. The van der Waals surface area contributed by atoms with Gasteiger partial charge in [-0.2, -0.15) is 8.78 Å². The fourth-order valence-corrected chi connectivity index (χ4v) is 3.84. The van der Waals surface area contributed by atoms with E-state index in [1.54, 1.807) is 12.1 Å². The van der Waals surface area contributed by atoms with Gasteiger partial charge in [0.25, 0.3) is 0 Å². The summed E-state index contributed by atoms with van der Waals surface area (Å²) in [4.78, 5) is 17.1. The summed E-state index contributed by atoms with van der Waals surface area (Å²) in [6.45, 7) is -2.97. The summed E-state index contributed by atoms with van der Waals surface area (Å²) in [5, 5.41) is 3.29. The predicted molar refractivity (Wildman–Crippen MR) is 113 cm³/mol. The second-order valence-corrected chi connectivity index (χ2v) is 7.21. The van der Waals surface area contributed by atoms with Crippen LogP contribution in [0.1, 0.15) is 0 Å². The van der Waals surface area contributed by atoms with Crippen LogP contribution in [0, 0.1) is 0 Å². The van der Waals surface area contributed by atoms with Crippen molar-refractivity contribution in [2.24, 2.45) is 0 Å². The van der Waals surface area contributed by atoms with Gasteiger partial charge in [0.1, 0.15) is 5.75 Å². The molecule has 8 heteroatoms. The number of anilines is 1. The van der Waals surface area contributed by atoms with Crippen molar-refractivity contribution in [1.82, 2.24) is 9.55 Å². The third-order valence-corrected chi connectivity index (χ3v) is 5.19. The van der Waals surface area contributed by atoms with Crippen LogP contribution in [0.15, 0.2) is 84.0 Å². The van der Waals surface area contributed by atoms with Crippen molar-refractivity contribution in [2.45, 2.75) is 11.8 Å². The molecule has 5 nitrogen and oxygen atoms in total. The fourth-order valence-electron chi connectivity index (χ4n) is 3.01. The number of hydrogen-bond donors (Lipinski definition) is 1. The van der Waals surface area contributed by atoms with Gasteiger partial charge < -0.3 is 10.1 Å². The SMILES string of the molecule is O=C(CSc1nc2ccccc2n1-c1ccccc1)Nc1ccccc1OC(F)F. The van der Waals surface area contributed by atoms with Crippen LogP contribution in [0.3, 0.4) is 0 Å². The van der Waals surface area contributed by atoms with Gasteiger partial charge in [0.15, 0.2) is 5.16 Å². The Kier molecular flexibility index (Phi) is 5.94. The summed E-state index contributed by atoms with van der Waals surface area (Å²) < 4.78 is 31.6. The van der Waals surface area contributed by atoms with E-state index in [2.05, 4.69) is 15.0 Å². The molecule has 1 amide bonds. The number of halogens is 2. The molecule has 0 saturated carbocycles. The molecule has 0 aliphatic carbocycles. The maximum atomic E-state index is 12.6. The average Bonchev–Trinajstić information content (AvgIpc) is 3.12. The second-order valence-electron chi connectivity index (χ2n) is 6.27. The molecule has 30 heavy (non-hydrogen) atoms. The molecule has 0 fully saturated rings. The van der Waals surface area contributed by atoms with Crippen LogP contribution in [-0.2, 0) is 4.79 Å². The number of aromatic nitrogens is 2. The minimum atomic E-state index is -2.97. The van der Waals surface area contributed by atoms with Crippen molar-refractivity contribution >= 4 is 34.4 Å². The Bertz CT molecular complexity index is 1170. The zero-order chi connectivity index (χ0) is 20.9. The molecule has 0 atom stereocenters. The number of thioether (sulfide) groups is 1. The summed E-state index contributed by atoms with van der Waals surface area (Å²) >= 11 is 1.27. The molecule has 1 aromatic heterocycles. The lowest BCUT2D eigenvalue weighted by Gasteiger charge is -2.12. The van der Waals surface area contributed by atoms with E-state index in [1.165, 1.54) is 23.9 Å². The maximum Gasteiger partial charge on any atom is 0.387 e. The summed E-state index contributed by atoms with van der Waals surface area (Å²) in [6.07, 6.45) is 0. The summed E-state index contributed by atoms with van der Waals surface area (Å²) in [6, 6.07) is 23.6. The molecule has 0 unspecified atom stereocenters. The number of carbonyl (C=O) groups excluding carboxylic acids is 1. The Morgan fingerprint density at radius 1 is 1.00 bits per heavy atom. The molecular formula is C22H17F2N3O2S. The van der Waals surface area contributed by atoms with Gasteiger partial charge in [0.05, 0.1) is 22.5 Å². The number of para-hydroxylation sites is 5. The van der Waals surface area contributed by atoms with Gasteiger partial charge in [-0.05, 0) is 36.4 Å². The first kappa shape index (κ1) is 19.9. The zero-order valence-corrected chi connectivity index (χ0v) is 16.5. The summed E-state index contributed by atoms with van der Waals surface area (Å²) in [5.74, 6) is -0.376. The highest BCUT2D eigenvalue weighted by Crippen LogP contribution is 2.29. The number of benzene rings is 3. The Morgan fingerprint density at radius 2 is 1.70 bits per heavy atom. The predicted octanol–water partition coefficient (Wildman–Crippen LogP) is 5.36. The molecule has 0 spiro atoms. The highest BCUT2D eigenvalue weighted by atomic mass is 32.2. The molecule has 0 aliphatic rings. The van der Waals surface area contributed by atoms with Gasteiger partial charge in [-0.1, -0.05) is 54.2 Å². The number of carbonyl (C=O) groups is 1. The minimum absolute atomic E-state index is 0.0547. The maximum absolute atomic E-state index is 12.6. The molecule has 152 valence electrons. The van der Waals surface area contributed by atoms with Gasteiger partial charge >= 0.3 is 6.61 Å². The van der Waals surface area contributed by atoms with Crippen molar-refractivity contribution in [3.8, 4) is 11.4 Å². The van der Waals surface area contributed by atoms with E-state index >= 15 is 0 Å². The van der Waals surface area contributed by atoms with Crippen LogP contribution in [0.2, 0.25) is 0 Å². The van der Waals surface area contributed by atoms with Crippen LogP contribution >= 0.6 is 11.8 Å². The Hall–Kier alpha value is -3.39. The van der Waals surface area contributed by atoms with E-state index in [9.17, 15) is 13.6 Å². The van der Waals surface area contributed by atoms with Crippen LogP contribution in [-0.4, -0.2) is 27.8 Å². The minimum Gasteiger partial charge on any atom is -0.433 e. The lowest BCUT2D eigenvalue weighted by Crippen LogP contribution is -2.16. The van der Waals surface area contributed by atoms with Crippen LogP contribution < -0.4 is 10.1 Å². The van der Waals surface area contributed by atoms with Gasteiger partial charge in [-0.3, -0.25) is 9.36 Å². The van der Waals surface area contributed by atoms with E-state index in [1.807, 2.05) is 59.2 Å². The number of alkyl halides is 2. The molecule has 0 bridgehead atoms. The van der Waals surface area contributed by atoms with Gasteiger partial charge in [0.2, 0.25) is 5.91 Å². The Labute approximate surface area is 175 Å². The van der Waals surface area contributed by atoms with Gasteiger partial charge in [0, 0.05) is 5.69 Å². The molecule has 0 aliphatic heterocycles. The van der Waals surface area contributed by atoms with Crippen LogP contribution in [0.25, 0.3) is 16.7 Å². The number of amides is 1. The first-order valence-corrected chi connectivity index (χ1v) is 10.1. The number of hydrogen-bond acceptors (Lipinski definition) is 4. The molecule has 0 saturated heterocycles. The molecular weight excluding hydrogens is 408 g/mol. The quantitative estimate of drug-likeness (QED) is 0.405. The van der Waals surface area contributed by atoms with Crippen molar-refractivity contribution in [2.75, 3.05) is 11.1 Å². The Balaban J connectivity index is 1.54. The lowest BCUT2D eigenvalue weighted by atomic mass is 10.3. The van der Waals surface area contributed by atoms with Crippen molar-refractivity contribution in [3.05, 3.63) is 78.9 Å². The number of nitrogens with one attached hydrogen (secondary N) is 1. The molecule has 3 aromatic carbocycles. The first-order valence-electron chi connectivity index (χ1n) is 9.11. The van der Waals surface area contributed by atoms with Gasteiger partial charge in [-0.25, -0.2) is 4.98 Å². The average molecular weight is 425 g/mol. The second kappa shape index (κ2) is 8.96. The highest BCUT2D eigenvalue weighted by Gasteiger charge is 2.16. The number of rotatable bonds is 7. The molecule has 4 aromatic rings. The van der Waals surface area contributed by atoms with Crippen molar-refractivity contribution < 1.29 is 18.3 Å². The standard InChI is InChI=1S/C22H17F2N3O2S/c23-21(24)29-19-13-7-5-11-17(19)25-20(28)14-30-22-26-16-10-4-6-12-18(16)27(22)15-8-2-1-3-9-15/h1-13,21H,14H2,(H,25,28). The van der Waals surface area contributed by atoms with E-state index < -0.39 is 6.61 Å². The number of fused-ring (bicyclic) bond motifs is 1. The Morgan fingerprint density at radius 3 is 2.50 bits per heavy atom. The number of imidazole rings is 1. The van der Waals surface area contributed by atoms with Crippen LogP contribution in [0.5, 0.6) is 5.75 Å². The molecule has 0 radical (unpaired) electrons. The summed E-state index contributed by atoms with van der Waals surface area (Å²) in [5.41, 5.74) is 2.88. The summed E-state index contributed by atoms with van der Waals surface area (Å²) in [7, 11) is 0. The number of nitrogens with zero attached hydrogens (tertiary/aromatic N) is 2. The largest absolute Gasteiger partial charge is 0.433 e. The zero-order valence-electron chi connectivity index (χ0n) is 15.7. The van der Waals surface area contributed by atoms with Gasteiger partial charge in [-0.15, -0.1) is 0 Å². The van der Waals surface area contributed by atoms with E-state index in [4.69, 9.17) is 0 Å². The third-order valence-electron chi connectivity index (χ3n) is 4.25. The smallest absolute Gasteiger partial charge is 0.387 e.